The highest BCUT2D eigenvalue weighted by Crippen LogP contribution is 2.21. The Morgan fingerprint density at radius 3 is 2.30 bits per heavy atom. The van der Waals surface area contributed by atoms with Gasteiger partial charge in [0, 0.05) is 30.8 Å². The number of hydrogen-bond donors (Lipinski definition) is 3. The van der Waals surface area contributed by atoms with Crippen LogP contribution in [0.15, 0.2) is 60.7 Å². The smallest absolute Gasteiger partial charge is 0.253 e. The molecule has 6 heteroatoms. The van der Waals surface area contributed by atoms with Crippen LogP contribution in [-0.2, 0) is 6.42 Å². The molecule has 0 fully saturated rings. The van der Waals surface area contributed by atoms with E-state index in [2.05, 4.69) is 62.6 Å². The summed E-state index contributed by atoms with van der Waals surface area (Å²) >= 11 is 0. The zero-order valence-electron chi connectivity index (χ0n) is 24.9. The Labute approximate surface area is 240 Å². The van der Waals surface area contributed by atoms with Gasteiger partial charge in [0.2, 0.25) is 0 Å². The highest BCUT2D eigenvalue weighted by Gasteiger charge is 2.24. The summed E-state index contributed by atoms with van der Waals surface area (Å²) in [4.78, 5) is 28.8. The van der Waals surface area contributed by atoms with Crippen molar-refractivity contribution in [3.63, 3.8) is 0 Å². The summed E-state index contributed by atoms with van der Waals surface area (Å²) in [6.45, 7) is 12.9. The molecule has 216 valence electrons. The molecule has 0 aliphatic heterocycles. The first-order valence-electron chi connectivity index (χ1n) is 14.8. The van der Waals surface area contributed by atoms with Crippen molar-refractivity contribution in [2.24, 2.45) is 5.92 Å². The van der Waals surface area contributed by atoms with Crippen LogP contribution in [0.25, 0.3) is 10.8 Å². The van der Waals surface area contributed by atoms with E-state index >= 15 is 0 Å². The minimum absolute atomic E-state index is 0.0526. The molecule has 0 radical (unpaired) electrons. The molecule has 2 atom stereocenters. The highest BCUT2D eigenvalue weighted by molar-refractivity contribution is 6.00. The van der Waals surface area contributed by atoms with E-state index < -0.39 is 12.1 Å². The van der Waals surface area contributed by atoms with Crippen molar-refractivity contribution in [2.75, 3.05) is 26.2 Å². The van der Waals surface area contributed by atoms with Crippen molar-refractivity contribution in [1.82, 2.24) is 15.5 Å². The van der Waals surface area contributed by atoms with Crippen LogP contribution in [-0.4, -0.2) is 60.1 Å². The van der Waals surface area contributed by atoms with Crippen LogP contribution in [0.5, 0.6) is 0 Å². The van der Waals surface area contributed by atoms with Gasteiger partial charge in [-0.1, -0.05) is 70.2 Å². The summed E-state index contributed by atoms with van der Waals surface area (Å²) in [7, 11) is 0. The van der Waals surface area contributed by atoms with E-state index in [9.17, 15) is 14.7 Å². The molecule has 6 nitrogen and oxygen atoms in total. The van der Waals surface area contributed by atoms with Gasteiger partial charge in [-0.25, -0.2) is 0 Å². The molecule has 40 heavy (non-hydrogen) atoms. The number of fused-ring (bicyclic) bond motifs is 1. The highest BCUT2D eigenvalue weighted by atomic mass is 16.3. The van der Waals surface area contributed by atoms with E-state index in [0.29, 0.717) is 43.1 Å². The van der Waals surface area contributed by atoms with Crippen LogP contribution in [0.1, 0.15) is 78.8 Å². The van der Waals surface area contributed by atoms with Crippen LogP contribution in [0.4, 0.5) is 0 Å². The summed E-state index contributed by atoms with van der Waals surface area (Å²) in [6, 6.07) is 19.1. The fraction of sp³-hybridized carbons (Fsp3) is 0.471. The van der Waals surface area contributed by atoms with Crippen LogP contribution < -0.4 is 10.6 Å². The van der Waals surface area contributed by atoms with Gasteiger partial charge < -0.3 is 20.6 Å². The first-order chi connectivity index (χ1) is 19.2. The SMILES string of the molecule is CCCN(CCC)C(=O)c1cc(C)cc(C(=O)N[C@@H](Cc2cccc3ccccc23)[C@H](O)CNCCC(C)C)c1. The lowest BCUT2D eigenvalue weighted by Crippen LogP contribution is -2.49. The standard InChI is InChI=1S/C34H47N3O3/c1-6-17-37(18-7-2)34(40)29-20-25(5)19-28(21-29)33(39)36-31(32(38)23-35-16-15-24(3)4)22-27-13-10-12-26-11-8-9-14-30(26)27/h8-14,19-21,24,31-32,35,38H,6-7,15-18,22-23H2,1-5H3,(H,36,39)/t31-,32+/m0/s1. The van der Waals surface area contributed by atoms with Crippen LogP contribution in [0.2, 0.25) is 0 Å². The molecule has 3 N–H and O–H groups in total. The molecule has 0 aliphatic rings. The number of hydrogen-bond acceptors (Lipinski definition) is 4. The monoisotopic (exact) mass is 545 g/mol. The van der Waals surface area contributed by atoms with Gasteiger partial charge in [-0.05, 0) is 85.2 Å². The quantitative estimate of drug-likeness (QED) is 0.213. The van der Waals surface area contributed by atoms with Gasteiger partial charge in [0.25, 0.3) is 11.8 Å². The second-order valence-corrected chi connectivity index (χ2v) is 11.3. The Morgan fingerprint density at radius 1 is 0.925 bits per heavy atom. The molecule has 3 aromatic carbocycles. The Kier molecular flexibility index (Phi) is 12.2. The lowest BCUT2D eigenvalue weighted by atomic mass is 9.95. The molecule has 0 saturated heterocycles. The van der Waals surface area contributed by atoms with Crippen molar-refractivity contribution in [1.29, 1.82) is 0 Å². The molecule has 0 heterocycles. The Morgan fingerprint density at radius 2 is 1.60 bits per heavy atom. The molecule has 3 rings (SSSR count). The van der Waals surface area contributed by atoms with E-state index in [1.165, 1.54) is 0 Å². The summed E-state index contributed by atoms with van der Waals surface area (Å²) < 4.78 is 0. The van der Waals surface area contributed by atoms with Crippen molar-refractivity contribution >= 4 is 22.6 Å². The van der Waals surface area contributed by atoms with Gasteiger partial charge in [-0.15, -0.1) is 0 Å². The number of benzene rings is 3. The van der Waals surface area contributed by atoms with Gasteiger partial charge in [0.1, 0.15) is 0 Å². The number of nitrogens with one attached hydrogen (secondary N) is 2. The number of nitrogens with zero attached hydrogens (tertiary/aromatic N) is 1. The van der Waals surface area contributed by atoms with Gasteiger partial charge in [-0.2, -0.15) is 0 Å². The molecule has 0 aliphatic carbocycles. The normalized spacial score (nSPS) is 12.9. The van der Waals surface area contributed by atoms with Gasteiger partial charge in [-0.3, -0.25) is 9.59 Å². The average Bonchev–Trinajstić information content (AvgIpc) is 2.94. The molecule has 3 aromatic rings. The summed E-state index contributed by atoms with van der Waals surface area (Å²) in [5.74, 6) is 0.226. The minimum atomic E-state index is -0.786. The lowest BCUT2D eigenvalue weighted by molar-refractivity contribution is 0.0755. The topological polar surface area (TPSA) is 81.7 Å². The largest absolute Gasteiger partial charge is 0.390 e. The van der Waals surface area contributed by atoms with E-state index in [0.717, 1.165) is 47.7 Å². The number of amides is 2. The zero-order valence-corrected chi connectivity index (χ0v) is 24.9. The fourth-order valence-corrected chi connectivity index (χ4v) is 5.10. The van der Waals surface area contributed by atoms with Crippen LogP contribution >= 0.6 is 0 Å². The number of rotatable bonds is 15. The van der Waals surface area contributed by atoms with Crippen molar-refractivity contribution in [3.8, 4) is 0 Å². The van der Waals surface area contributed by atoms with Crippen molar-refractivity contribution < 1.29 is 14.7 Å². The maximum atomic E-state index is 13.6. The van der Waals surface area contributed by atoms with Gasteiger partial charge >= 0.3 is 0 Å². The Bertz CT molecular complexity index is 1240. The predicted octanol–water partition coefficient (Wildman–Crippen LogP) is 5.75. The summed E-state index contributed by atoms with van der Waals surface area (Å²) in [5.41, 5.74) is 2.87. The summed E-state index contributed by atoms with van der Waals surface area (Å²) in [5, 5.41) is 20.0. The van der Waals surface area contributed by atoms with E-state index in [1.54, 1.807) is 12.1 Å². The van der Waals surface area contributed by atoms with Gasteiger partial charge in [0.05, 0.1) is 12.1 Å². The predicted molar refractivity (Wildman–Crippen MR) is 165 cm³/mol. The van der Waals surface area contributed by atoms with E-state index in [4.69, 9.17) is 0 Å². The molecule has 0 unspecified atom stereocenters. The zero-order chi connectivity index (χ0) is 29.1. The van der Waals surface area contributed by atoms with E-state index in [1.807, 2.05) is 36.1 Å². The minimum Gasteiger partial charge on any atom is -0.390 e. The number of carbonyl (C=O) groups is 2. The molecule has 0 bridgehead atoms. The Hall–Kier alpha value is -3.22. The molecular formula is C34H47N3O3. The average molecular weight is 546 g/mol. The number of aliphatic hydroxyl groups is 1. The molecule has 2 amide bonds. The molecule has 0 saturated carbocycles. The molecule has 0 spiro atoms. The maximum absolute atomic E-state index is 13.6. The third-order valence-corrected chi connectivity index (χ3v) is 7.21. The van der Waals surface area contributed by atoms with E-state index in [-0.39, 0.29) is 11.8 Å². The fourth-order valence-electron chi connectivity index (χ4n) is 5.10. The second-order valence-electron chi connectivity index (χ2n) is 11.3. The maximum Gasteiger partial charge on any atom is 0.253 e. The first kappa shape index (κ1) is 31.3. The van der Waals surface area contributed by atoms with Crippen molar-refractivity contribution in [3.05, 3.63) is 82.9 Å². The first-order valence-corrected chi connectivity index (χ1v) is 14.8. The van der Waals surface area contributed by atoms with Crippen molar-refractivity contribution in [2.45, 2.75) is 72.4 Å². The molecule has 0 aromatic heterocycles. The second kappa shape index (κ2) is 15.5. The third kappa shape index (κ3) is 8.90. The van der Waals surface area contributed by atoms with Crippen LogP contribution in [0.3, 0.4) is 0 Å². The number of aryl methyl sites for hydroxylation is 1. The number of aliphatic hydroxyl groups excluding tert-OH is 1. The van der Waals surface area contributed by atoms with Crippen LogP contribution in [0, 0.1) is 12.8 Å². The summed E-state index contributed by atoms with van der Waals surface area (Å²) in [6.07, 6.45) is 2.47. The lowest BCUT2D eigenvalue weighted by Gasteiger charge is -2.26. The van der Waals surface area contributed by atoms with Gasteiger partial charge in [0.15, 0.2) is 0 Å². The Balaban J connectivity index is 1.85. The number of carbonyl (C=O) groups excluding carboxylic acids is 2. The third-order valence-electron chi connectivity index (χ3n) is 7.21. The molecular weight excluding hydrogens is 498 g/mol.